The van der Waals surface area contributed by atoms with Gasteiger partial charge in [0.1, 0.15) is 0 Å². The first-order valence-electron chi connectivity index (χ1n) is 4.00. The third kappa shape index (κ3) is 1.74. The van der Waals surface area contributed by atoms with Crippen molar-refractivity contribution in [2.24, 2.45) is 0 Å². The van der Waals surface area contributed by atoms with Crippen molar-refractivity contribution in [1.29, 1.82) is 0 Å². The molecule has 0 aliphatic rings. The van der Waals surface area contributed by atoms with Crippen LogP contribution in [-0.2, 0) is 0 Å². The fraction of sp³-hybridized carbons (Fsp3) is 0.111. The highest BCUT2D eigenvalue weighted by molar-refractivity contribution is 9.13. The summed E-state index contributed by atoms with van der Waals surface area (Å²) in [4.78, 5) is 4.25. The zero-order valence-corrected chi connectivity index (χ0v) is 10.6. The van der Waals surface area contributed by atoms with Gasteiger partial charge in [0.2, 0.25) is 0 Å². The SMILES string of the molecule is Cc1cnn(-c2nccc(Br)c2Br)c1. The first kappa shape index (κ1) is 9.86. The van der Waals surface area contributed by atoms with E-state index in [0.717, 1.165) is 20.3 Å². The normalized spacial score (nSPS) is 10.5. The van der Waals surface area contributed by atoms with Gasteiger partial charge in [-0.2, -0.15) is 5.10 Å². The molecule has 2 aromatic heterocycles. The molecule has 14 heavy (non-hydrogen) atoms. The number of nitrogens with zero attached hydrogens (tertiary/aromatic N) is 3. The van der Waals surface area contributed by atoms with Crippen LogP contribution in [0.15, 0.2) is 33.6 Å². The Labute approximate surface area is 98.4 Å². The van der Waals surface area contributed by atoms with Gasteiger partial charge in [-0.1, -0.05) is 0 Å². The number of halogens is 2. The van der Waals surface area contributed by atoms with Crippen molar-refractivity contribution in [1.82, 2.24) is 14.8 Å². The van der Waals surface area contributed by atoms with Crippen LogP contribution in [0.1, 0.15) is 5.56 Å². The average molecular weight is 317 g/mol. The third-order valence-electron chi connectivity index (χ3n) is 1.75. The summed E-state index contributed by atoms with van der Waals surface area (Å²) in [6, 6.07) is 1.88. The van der Waals surface area contributed by atoms with Crippen LogP contribution >= 0.6 is 31.9 Å². The van der Waals surface area contributed by atoms with Crippen molar-refractivity contribution in [3.63, 3.8) is 0 Å². The number of aromatic nitrogens is 3. The lowest BCUT2D eigenvalue weighted by molar-refractivity contribution is 0.840. The summed E-state index contributed by atoms with van der Waals surface area (Å²) in [5, 5.41) is 4.19. The predicted octanol–water partition coefficient (Wildman–Crippen LogP) is 3.10. The second-order valence-corrected chi connectivity index (χ2v) is 4.54. The summed E-state index contributed by atoms with van der Waals surface area (Å²) in [5.74, 6) is 0.785. The van der Waals surface area contributed by atoms with E-state index in [1.54, 1.807) is 17.1 Å². The lowest BCUT2D eigenvalue weighted by Gasteiger charge is -2.03. The molecule has 0 N–H and O–H groups in total. The molecule has 5 heteroatoms. The fourth-order valence-electron chi connectivity index (χ4n) is 1.10. The summed E-state index contributed by atoms with van der Waals surface area (Å²) >= 11 is 6.88. The maximum absolute atomic E-state index is 4.25. The lowest BCUT2D eigenvalue weighted by atomic mass is 10.4. The van der Waals surface area contributed by atoms with E-state index < -0.39 is 0 Å². The van der Waals surface area contributed by atoms with Crippen LogP contribution in [0.3, 0.4) is 0 Å². The molecule has 0 unspecified atom stereocenters. The summed E-state index contributed by atoms with van der Waals surface area (Å²) < 4.78 is 3.61. The van der Waals surface area contributed by atoms with Crippen molar-refractivity contribution in [3.05, 3.63) is 39.2 Å². The number of hydrogen-bond donors (Lipinski definition) is 0. The minimum Gasteiger partial charge on any atom is -0.236 e. The number of hydrogen-bond acceptors (Lipinski definition) is 2. The van der Waals surface area contributed by atoms with Crippen molar-refractivity contribution < 1.29 is 0 Å². The van der Waals surface area contributed by atoms with Gasteiger partial charge in [0.05, 0.1) is 10.7 Å². The summed E-state index contributed by atoms with van der Waals surface area (Å²) in [5.41, 5.74) is 1.11. The second kappa shape index (κ2) is 3.82. The molecule has 2 aromatic rings. The van der Waals surface area contributed by atoms with E-state index in [-0.39, 0.29) is 0 Å². The molecule has 0 bridgehead atoms. The van der Waals surface area contributed by atoms with E-state index >= 15 is 0 Å². The van der Waals surface area contributed by atoms with Gasteiger partial charge >= 0.3 is 0 Å². The Balaban J connectivity index is 2.57. The van der Waals surface area contributed by atoms with E-state index in [1.807, 2.05) is 19.2 Å². The van der Waals surface area contributed by atoms with Gasteiger partial charge in [-0.05, 0) is 50.4 Å². The minimum absolute atomic E-state index is 0.785. The van der Waals surface area contributed by atoms with Gasteiger partial charge in [0.25, 0.3) is 0 Å². The highest BCUT2D eigenvalue weighted by Crippen LogP contribution is 2.26. The van der Waals surface area contributed by atoms with E-state index in [9.17, 15) is 0 Å². The van der Waals surface area contributed by atoms with Crippen molar-refractivity contribution >= 4 is 31.9 Å². The van der Waals surface area contributed by atoms with E-state index in [0.29, 0.717) is 0 Å². The Morgan fingerprint density at radius 2 is 2.14 bits per heavy atom. The molecule has 0 aliphatic heterocycles. The van der Waals surface area contributed by atoms with Gasteiger partial charge in [-0.25, -0.2) is 9.67 Å². The van der Waals surface area contributed by atoms with E-state index in [4.69, 9.17) is 0 Å². The lowest BCUT2D eigenvalue weighted by Crippen LogP contribution is -1.98. The standard InChI is InChI=1S/C9H7Br2N3/c1-6-4-13-14(5-6)9-8(11)7(10)2-3-12-9/h2-5H,1H3. The smallest absolute Gasteiger partial charge is 0.168 e. The monoisotopic (exact) mass is 315 g/mol. The molecule has 0 fully saturated rings. The van der Waals surface area contributed by atoms with Crippen molar-refractivity contribution in [3.8, 4) is 5.82 Å². The molecular formula is C9H7Br2N3. The molecule has 2 rings (SSSR count). The highest BCUT2D eigenvalue weighted by atomic mass is 79.9. The number of aryl methyl sites for hydroxylation is 1. The van der Waals surface area contributed by atoms with Crippen LogP contribution in [0.2, 0.25) is 0 Å². The zero-order chi connectivity index (χ0) is 10.1. The Bertz CT molecular complexity index is 465. The van der Waals surface area contributed by atoms with Gasteiger partial charge in [0.15, 0.2) is 5.82 Å². The molecular weight excluding hydrogens is 310 g/mol. The van der Waals surface area contributed by atoms with Crippen LogP contribution in [0.25, 0.3) is 5.82 Å². The Hall–Kier alpha value is -0.680. The maximum atomic E-state index is 4.25. The predicted molar refractivity (Wildman–Crippen MR) is 61.5 cm³/mol. The maximum Gasteiger partial charge on any atom is 0.168 e. The summed E-state index contributed by atoms with van der Waals surface area (Å²) in [7, 11) is 0. The second-order valence-electron chi connectivity index (χ2n) is 2.89. The fourth-order valence-corrected chi connectivity index (χ4v) is 1.81. The van der Waals surface area contributed by atoms with Crippen LogP contribution < -0.4 is 0 Å². The Morgan fingerprint density at radius 1 is 1.36 bits per heavy atom. The molecule has 0 spiro atoms. The molecule has 0 aliphatic carbocycles. The Morgan fingerprint density at radius 3 is 2.79 bits per heavy atom. The average Bonchev–Trinajstić information content (AvgIpc) is 2.57. The van der Waals surface area contributed by atoms with Gasteiger partial charge in [-0.15, -0.1) is 0 Å². The molecule has 0 radical (unpaired) electrons. The van der Waals surface area contributed by atoms with Crippen LogP contribution in [-0.4, -0.2) is 14.8 Å². The highest BCUT2D eigenvalue weighted by Gasteiger charge is 2.07. The molecule has 0 saturated heterocycles. The first-order valence-corrected chi connectivity index (χ1v) is 5.59. The molecule has 0 saturated carbocycles. The van der Waals surface area contributed by atoms with E-state index in [1.165, 1.54) is 0 Å². The quantitative estimate of drug-likeness (QED) is 0.809. The summed E-state index contributed by atoms with van der Waals surface area (Å²) in [6.07, 6.45) is 5.47. The molecule has 3 nitrogen and oxygen atoms in total. The molecule has 0 atom stereocenters. The summed E-state index contributed by atoms with van der Waals surface area (Å²) in [6.45, 7) is 2.00. The van der Waals surface area contributed by atoms with Crippen molar-refractivity contribution in [2.75, 3.05) is 0 Å². The Kier molecular flexibility index (Phi) is 2.69. The molecule has 0 amide bonds. The molecule has 0 aromatic carbocycles. The van der Waals surface area contributed by atoms with Crippen molar-refractivity contribution in [2.45, 2.75) is 6.92 Å². The van der Waals surface area contributed by atoms with Gasteiger partial charge in [-0.3, -0.25) is 0 Å². The van der Waals surface area contributed by atoms with Crippen LogP contribution in [0.4, 0.5) is 0 Å². The number of rotatable bonds is 1. The van der Waals surface area contributed by atoms with Crippen LogP contribution in [0, 0.1) is 6.92 Å². The molecule has 2 heterocycles. The minimum atomic E-state index is 0.785. The third-order valence-corrected chi connectivity index (χ3v) is 3.73. The van der Waals surface area contributed by atoms with E-state index in [2.05, 4.69) is 41.9 Å². The molecule has 72 valence electrons. The number of pyridine rings is 1. The topological polar surface area (TPSA) is 30.7 Å². The van der Waals surface area contributed by atoms with Gasteiger partial charge in [0, 0.05) is 16.9 Å². The largest absolute Gasteiger partial charge is 0.236 e. The van der Waals surface area contributed by atoms with Gasteiger partial charge < -0.3 is 0 Å². The zero-order valence-electron chi connectivity index (χ0n) is 7.41. The first-order chi connectivity index (χ1) is 6.68. The van der Waals surface area contributed by atoms with Crippen LogP contribution in [0.5, 0.6) is 0 Å².